The minimum absolute atomic E-state index is 0.187. The van der Waals surface area contributed by atoms with Gasteiger partial charge in [0.2, 0.25) is 0 Å². The Morgan fingerprint density at radius 1 is 1.64 bits per heavy atom. The molecule has 1 rings (SSSR count). The first-order chi connectivity index (χ1) is 6.77. The average molecular weight is 199 g/mol. The second kappa shape index (κ2) is 5.62. The normalized spacial score (nSPS) is 24.9. The van der Waals surface area contributed by atoms with Crippen LogP contribution in [0.5, 0.6) is 0 Å². The lowest BCUT2D eigenvalue weighted by Crippen LogP contribution is -2.20. The van der Waals surface area contributed by atoms with Crippen LogP contribution in [0, 0.1) is 5.92 Å². The van der Waals surface area contributed by atoms with E-state index in [4.69, 9.17) is 5.21 Å². The summed E-state index contributed by atoms with van der Waals surface area (Å²) in [5.41, 5.74) is 0.847. The molecule has 1 atom stereocenters. The van der Waals surface area contributed by atoms with Gasteiger partial charge in [-0.15, -0.1) is 0 Å². The number of methoxy groups -OCH3 is 1. The summed E-state index contributed by atoms with van der Waals surface area (Å²) in [7, 11) is 1.39. The van der Waals surface area contributed by atoms with Crippen LogP contribution in [0.2, 0.25) is 0 Å². The molecule has 0 saturated heterocycles. The van der Waals surface area contributed by atoms with Crippen molar-refractivity contribution in [3.63, 3.8) is 0 Å². The molecule has 4 nitrogen and oxygen atoms in total. The van der Waals surface area contributed by atoms with Gasteiger partial charge in [-0.2, -0.15) is 0 Å². The van der Waals surface area contributed by atoms with Crippen LogP contribution in [0.15, 0.2) is 5.16 Å². The van der Waals surface area contributed by atoms with Gasteiger partial charge in [-0.25, -0.2) is 0 Å². The maximum atomic E-state index is 10.9. The van der Waals surface area contributed by atoms with Crippen molar-refractivity contribution in [3.8, 4) is 0 Å². The number of hydrogen-bond acceptors (Lipinski definition) is 4. The topological polar surface area (TPSA) is 58.9 Å². The van der Waals surface area contributed by atoms with E-state index in [2.05, 4.69) is 9.89 Å². The summed E-state index contributed by atoms with van der Waals surface area (Å²) in [5, 5.41) is 12.1. The van der Waals surface area contributed by atoms with Gasteiger partial charge in [0.15, 0.2) is 0 Å². The summed E-state index contributed by atoms with van der Waals surface area (Å²) < 4.78 is 4.57. The van der Waals surface area contributed by atoms with Crippen LogP contribution in [-0.4, -0.2) is 24.0 Å². The molecule has 80 valence electrons. The van der Waals surface area contributed by atoms with Crippen molar-refractivity contribution in [2.45, 2.75) is 38.5 Å². The maximum Gasteiger partial charge on any atom is 0.305 e. The highest BCUT2D eigenvalue weighted by Gasteiger charge is 2.21. The van der Waals surface area contributed by atoms with E-state index in [-0.39, 0.29) is 11.9 Å². The Morgan fingerprint density at radius 3 is 3.07 bits per heavy atom. The van der Waals surface area contributed by atoms with E-state index in [1.165, 1.54) is 7.11 Å². The summed E-state index contributed by atoms with van der Waals surface area (Å²) in [6, 6.07) is 0. The van der Waals surface area contributed by atoms with E-state index in [0.29, 0.717) is 6.42 Å². The van der Waals surface area contributed by atoms with Gasteiger partial charge < -0.3 is 9.94 Å². The summed E-state index contributed by atoms with van der Waals surface area (Å²) >= 11 is 0. The molecular weight excluding hydrogens is 182 g/mol. The summed E-state index contributed by atoms with van der Waals surface area (Å²) in [6.07, 6.45) is 5.30. The predicted molar refractivity (Wildman–Crippen MR) is 52.4 cm³/mol. The van der Waals surface area contributed by atoms with E-state index in [1.807, 2.05) is 0 Å². The van der Waals surface area contributed by atoms with Crippen molar-refractivity contribution in [3.05, 3.63) is 0 Å². The molecular formula is C10H17NO3. The van der Waals surface area contributed by atoms with Gasteiger partial charge >= 0.3 is 5.97 Å². The first-order valence-corrected chi connectivity index (χ1v) is 5.05. The van der Waals surface area contributed by atoms with Crippen LogP contribution in [0.3, 0.4) is 0 Å². The summed E-state index contributed by atoms with van der Waals surface area (Å²) in [6.45, 7) is 0. The molecule has 1 fully saturated rings. The molecule has 0 radical (unpaired) electrons. The smallest absolute Gasteiger partial charge is 0.305 e. The van der Waals surface area contributed by atoms with Crippen molar-refractivity contribution in [1.29, 1.82) is 0 Å². The van der Waals surface area contributed by atoms with Gasteiger partial charge in [0.1, 0.15) is 0 Å². The third-order valence-corrected chi connectivity index (χ3v) is 2.76. The number of ether oxygens (including phenoxy) is 1. The van der Waals surface area contributed by atoms with Crippen molar-refractivity contribution in [1.82, 2.24) is 0 Å². The van der Waals surface area contributed by atoms with E-state index >= 15 is 0 Å². The lowest BCUT2D eigenvalue weighted by molar-refractivity contribution is -0.140. The van der Waals surface area contributed by atoms with Crippen molar-refractivity contribution in [2.75, 3.05) is 7.11 Å². The Morgan fingerprint density at radius 2 is 2.43 bits per heavy atom. The molecule has 0 aromatic rings. The number of hydrogen-bond donors (Lipinski definition) is 1. The molecule has 0 unspecified atom stereocenters. The molecule has 1 aliphatic carbocycles. The van der Waals surface area contributed by atoms with Crippen molar-refractivity contribution >= 4 is 11.7 Å². The van der Waals surface area contributed by atoms with Gasteiger partial charge in [-0.1, -0.05) is 11.6 Å². The fourth-order valence-corrected chi connectivity index (χ4v) is 1.90. The van der Waals surface area contributed by atoms with Gasteiger partial charge in [0.25, 0.3) is 0 Å². The molecule has 0 spiro atoms. The number of rotatable bonds is 3. The van der Waals surface area contributed by atoms with Crippen LogP contribution in [0.25, 0.3) is 0 Å². The zero-order chi connectivity index (χ0) is 10.4. The minimum Gasteiger partial charge on any atom is -0.469 e. The largest absolute Gasteiger partial charge is 0.469 e. The van der Waals surface area contributed by atoms with Crippen LogP contribution >= 0.6 is 0 Å². The monoisotopic (exact) mass is 199 g/mol. The second-order valence-corrected chi connectivity index (χ2v) is 3.65. The molecule has 1 N–H and O–H groups in total. The highest BCUT2D eigenvalue weighted by atomic mass is 16.5. The molecule has 1 aliphatic rings. The number of carbonyl (C=O) groups excluding carboxylic acids is 1. The zero-order valence-corrected chi connectivity index (χ0v) is 8.53. The third-order valence-electron chi connectivity index (χ3n) is 2.76. The van der Waals surface area contributed by atoms with E-state index < -0.39 is 0 Å². The summed E-state index contributed by atoms with van der Waals surface area (Å²) in [4.78, 5) is 10.9. The first kappa shape index (κ1) is 11.0. The van der Waals surface area contributed by atoms with Crippen LogP contribution in [0.1, 0.15) is 38.5 Å². The predicted octanol–water partition coefficient (Wildman–Crippen LogP) is 1.96. The molecule has 0 aliphatic heterocycles. The highest BCUT2D eigenvalue weighted by molar-refractivity contribution is 5.87. The van der Waals surface area contributed by atoms with Crippen molar-refractivity contribution in [2.24, 2.45) is 11.1 Å². The van der Waals surface area contributed by atoms with Crippen LogP contribution in [0.4, 0.5) is 0 Å². The molecule has 1 saturated carbocycles. The SMILES string of the molecule is COC(=O)CC[C@@H]1CCCCC1=NO. The fourth-order valence-electron chi connectivity index (χ4n) is 1.90. The number of esters is 1. The number of nitrogens with zero attached hydrogens (tertiary/aromatic N) is 1. The standard InChI is InChI=1S/C10H17NO3/c1-14-10(12)7-6-8-4-2-3-5-9(8)11-13/h8,13H,2-7H2,1H3/t8-/m0/s1. The Balaban J connectivity index is 2.37. The zero-order valence-electron chi connectivity index (χ0n) is 8.53. The van der Waals surface area contributed by atoms with Gasteiger partial charge in [0, 0.05) is 12.3 Å². The van der Waals surface area contributed by atoms with Gasteiger partial charge in [-0.05, 0) is 25.7 Å². The second-order valence-electron chi connectivity index (χ2n) is 3.65. The Bertz CT molecular complexity index is 225. The molecule has 4 heteroatoms. The average Bonchev–Trinajstić information content (AvgIpc) is 2.26. The Kier molecular flexibility index (Phi) is 4.43. The quantitative estimate of drug-likeness (QED) is 0.429. The molecule has 0 aromatic heterocycles. The van der Waals surface area contributed by atoms with E-state index in [0.717, 1.165) is 37.8 Å². The highest BCUT2D eigenvalue weighted by Crippen LogP contribution is 2.25. The number of carbonyl (C=O) groups is 1. The lowest BCUT2D eigenvalue weighted by atomic mass is 9.84. The molecule has 0 aromatic carbocycles. The molecule has 14 heavy (non-hydrogen) atoms. The lowest BCUT2D eigenvalue weighted by Gasteiger charge is -2.22. The van der Waals surface area contributed by atoms with Crippen molar-refractivity contribution < 1.29 is 14.7 Å². The first-order valence-electron chi connectivity index (χ1n) is 5.05. The Labute approximate surface area is 83.9 Å². The van der Waals surface area contributed by atoms with E-state index in [1.54, 1.807) is 0 Å². The van der Waals surface area contributed by atoms with Gasteiger partial charge in [-0.3, -0.25) is 4.79 Å². The van der Waals surface area contributed by atoms with Gasteiger partial charge in [0.05, 0.1) is 12.8 Å². The summed E-state index contributed by atoms with van der Waals surface area (Å²) in [5.74, 6) is 0.0840. The number of oxime groups is 1. The molecule has 0 bridgehead atoms. The van der Waals surface area contributed by atoms with Crippen LogP contribution < -0.4 is 0 Å². The fraction of sp³-hybridized carbons (Fsp3) is 0.800. The third kappa shape index (κ3) is 3.01. The van der Waals surface area contributed by atoms with E-state index in [9.17, 15) is 4.79 Å². The maximum absolute atomic E-state index is 10.9. The van der Waals surface area contributed by atoms with Crippen LogP contribution in [-0.2, 0) is 9.53 Å². The molecule has 0 heterocycles. The Hall–Kier alpha value is -1.06. The molecule has 0 amide bonds. The minimum atomic E-state index is -0.187.